The molecule has 0 aliphatic heterocycles. The maximum absolute atomic E-state index is 10.5. The fourth-order valence-corrected chi connectivity index (χ4v) is 1.58. The van der Waals surface area contributed by atoms with Crippen LogP contribution < -0.4 is 9.47 Å². The first-order valence-electron chi connectivity index (χ1n) is 6.19. The number of benzene rings is 1. The molecule has 5 nitrogen and oxygen atoms in total. The SMILES string of the molecule is COc1cc(CCC(=O)O)ccc1OCCN(C)C. The molecule has 1 N–H and O–H groups in total. The van der Waals surface area contributed by atoms with Crippen LogP contribution in [-0.4, -0.2) is 50.3 Å². The number of likely N-dealkylation sites (N-methyl/N-ethyl adjacent to an activating group) is 1. The molecule has 1 rings (SSSR count). The fourth-order valence-electron chi connectivity index (χ4n) is 1.58. The third kappa shape index (κ3) is 5.61. The van der Waals surface area contributed by atoms with Crippen LogP contribution in [0.3, 0.4) is 0 Å². The first-order chi connectivity index (χ1) is 9.02. The van der Waals surface area contributed by atoms with E-state index < -0.39 is 5.97 Å². The minimum absolute atomic E-state index is 0.115. The van der Waals surface area contributed by atoms with Crippen molar-refractivity contribution in [2.24, 2.45) is 0 Å². The molecule has 0 saturated carbocycles. The van der Waals surface area contributed by atoms with Gasteiger partial charge in [-0.3, -0.25) is 4.79 Å². The normalized spacial score (nSPS) is 10.5. The minimum Gasteiger partial charge on any atom is -0.493 e. The van der Waals surface area contributed by atoms with Crippen LogP contribution in [0.2, 0.25) is 0 Å². The molecule has 0 saturated heterocycles. The van der Waals surface area contributed by atoms with E-state index in [1.165, 1.54) is 0 Å². The lowest BCUT2D eigenvalue weighted by Gasteiger charge is -2.14. The van der Waals surface area contributed by atoms with E-state index >= 15 is 0 Å². The zero-order chi connectivity index (χ0) is 14.3. The summed E-state index contributed by atoms with van der Waals surface area (Å²) in [6.45, 7) is 1.40. The van der Waals surface area contributed by atoms with Crippen molar-refractivity contribution in [2.75, 3.05) is 34.4 Å². The van der Waals surface area contributed by atoms with Gasteiger partial charge in [-0.1, -0.05) is 6.07 Å². The van der Waals surface area contributed by atoms with Crippen LogP contribution in [0.5, 0.6) is 11.5 Å². The van der Waals surface area contributed by atoms with Gasteiger partial charge in [0.05, 0.1) is 7.11 Å². The van der Waals surface area contributed by atoms with Crippen LogP contribution in [0.25, 0.3) is 0 Å². The summed E-state index contributed by atoms with van der Waals surface area (Å²) in [5.41, 5.74) is 0.930. The third-order valence-corrected chi connectivity index (χ3v) is 2.65. The Balaban J connectivity index is 2.64. The first-order valence-corrected chi connectivity index (χ1v) is 6.19. The summed E-state index contributed by atoms with van der Waals surface area (Å²) >= 11 is 0. The van der Waals surface area contributed by atoms with Gasteiger partial charge in [-0.05, 0) is 38.2 Å². The maximum Gasteiger partial charge on any atom is 0.303 e. The molecule has 0 aliphatic rings. The second-order valence-corrected chi connectivity index (χ2v) is 4.53. The Hall–Kier alpha value is -1.75. The molecule has 0 radical (unpaired) electrons. The lowest BCUT2D eigenvalue weighted by Crippen LogP contribution is -2.19. The highest BCUT2D eigenvalue weighted by Crippen LogP contribution is 2.28. The second kappa shape index (κ2) is 7.63. The predicted octanol–water partition coefficient (Wildman–Crippen LogP) is 1.65. The summed E-state index contributed by atoms with van der Waals surface area (Å²) in [6.07, 6.45) is 0.605. The van der Waals surface area contributed by atoms with E-state index in [0.29, 0.717) is 24.5 Å². The van der Waals surface area contributed by atoms with Gasteiger partial charge in [0.2, 0.25) is 0 Å². The van der Waals surface area contributed by atoms with E-state index in [-0.39, 0.29) is 6.42 Å². The Morgan fingerprint density at radius 1 is 1.32 bits per heavy atom. The number of hydrogen-bond acceptors (Lipinski definition) is 4. The number of carbonyl (C=O) groups is 1. The molecule has 19 heavy (non-hydrogen) atoms. The third-order valence-electron chi connectivity index (χ3n) is 2.65. The average molecular weight is 267 g/mol. The van der Waals surface area contributed by atoms with Crippen LogP contribution in [0.15, 0.2) is 18.2 Å². The molecule has 0 bridgehead atoms. The smallest absolute Gasteiger partial charge is 0.303 e. The second-order valence-electron chi connectivity index (χ2n) is 4.53. The summed E-state index contributed by atoms with van der Waals surface area (Å²) < 4.78 is 10.9. The Kier molecular flexibility index (Phi) is 6.15. The van der Waals surface area contributed by atoms with Crippen molar-refractivity contribution in [3.8, 4) is 11.5 Å². The molecule has 0 unspecified atom stereocenters. The predicted molar refractivity (Wildman–Crippen MR) is 73.0 cm³/mol. The summed E-state index contributed by atoms with van der Waals surface area (Å²) in [5.74, 6) is 0.523. The molecule has 0 aromatic heterocycles. The standard InChI is InChI=1S/C14H21NO4/c1-15(2)8-9-19-12-6-4-11(5-7-14(16)17)10-13(12)18-3/h4,6,10H,5,7-9H2,1-3H3,(H,16,17). The fraction of sp³-hybridized carbons (Fsp3) is 0.500. The van der Waals surface area contributed by atoms with Crippen molar-refractivity contribution in [3.05, 3.63) is 23.8 Å². The van der Waals surface area contributed by atoms with Gasteiger partial charge in [0.1, 0.15) is 6.61 Å². The number of hydrogen-bond donors (Lipinski definition) is 1. The van der Waals surface area contributed by atoms with Crippen molar-refractivity contribution >= 4 is 5.97 Å². The van der Waals surface area contributed by atoms with Crippen LogP contribution in [-0.2, 0) is 11.2 Å². The van der Waals surface area contributed by atoms with Crippen LogP contribution in [0, 0.1) is 0 Å². The van der Waals surface area contributed by atoms with E-state index in [4.69, 9.17) is 14.6 Å². The van der Waals surface area contributed by atoms with Gasteiger partial charge in [-0.15, -0.1) is 0 Å². The largest absolute Gasteiger partial charge is 0.493 e. The highest BCUT2D eigenvalue weighted by molar-refractivity contribution is 5.67. The van der Waals surface area contributed by atoms with Gasteiger partial charge >= 0.3 is 5.97 Å². The minimum atomic E-state index is -0.801. The van der Waals surface area contributed by atoms with Crippen molar-refractivity contribution in [1.82, 2.24) is 4.90 Å². The van der Waals surface area contributed by atoms with Crippen LogP contribution in [0.1, 0.15) is 12.0 Å². The molecular formula is C14H21NO4. The lowest BCUT2D eigenvalue weighted by molar-refractivity contribution is -0.136. The van der Waals surface area contributed by atoms with Gasteiger partial charge in [-0.25, -0.2) is 0 Å². The molecule has 1 aromatic carbocycles. The molecular weight excluding hydrogens is 246 g/mol. The molecule has 0 heterocycles. The topological polar surface area (TPSA) is 59.0 Å². The van der Waals surface area contributed by atoms with Gasteiger partial charge in [0.15, 0.2) is 11.5 Å². The summed E-state index contributed by atoms with van der Waals surface area (Å²) in [5, 5.41) is 8.66. The highest BCUT2D eigenvalue weighted by atomic mass is 16.5. The maximum atomic E-state index is 10.5. The van der Waals surface area contributed by atoms with E-state index in [0.717, 1.165) is 12.1 Å². The molecule has 1 aromatic rings. The Labute approximate surface area is 113 Å². The van der Waals surface area contributed by atoms with E-state index in [1.54, 1.807) is 7.11 Å². The van der Waals surface area contributed by atoms with E-state index in [9.17, 15) is 4.79 Å². The van der Waals surface area contributed by atoms with Gasteiger partial charge < -0.3 is 19.5 Å². The summed E-state index contributed by atoms with van der Waals surface area (Å²) in [4.78, 5) is 12.6. The lowest BCUT2D eigenvalue weighted by atomic mass is 10.1. The van der Waals surface area contributed by atoms with Crippen LogP contribution in [0.4, 0.5) is 0 Å². The van der Waals surface area contributed by atoms with Crippen LogP contribution >= 0.6 is 0 Å². The van der Waals surface area contributed by atoms with Gasteiger partial charge in [-0.2, -0.15) is 0 Å². The molecule has 0 fully saturated rings. The van der Waals surface area contributed by atoms with Crippen molar-refractivity contribution in [1.29, 1.82) is 0 Å². The number of rotatable bonds is 8. The summed E-state index contributed by atoms with van der Waals surface area (Å²) in [7, 11) is 5.54. The molecule has 0 atom stereocenters. The van der Waals surface area contributed by atoms with Crippen molar-refractivity contribution < 1.29 is 19.4 Å². The number of carboxylic acids is 1. The average Bonchev–Trinajstić information content (AvgIpc) is 2.36. The molecule has 5 heteroatoms. The molecule has 0 amide bonds. The quantitative estimate of drug-likeness (QED) is 0.776. The molecule has 0 spiro atoms. The first kappa shape index (κ1) is 15.3. The zero-order valence-corrected chi connectivity index (χ0v) is 11.7. The van der Waals surface area contributed by atoms with E-state index in [2.05, 4.69) is 0 Å². The van der Waals surface area contributed by atoms with Gasteiger partial charge in [0, 0.05) is 13.0 Å². The number of carboxylic acid groups (broad SMARTS) is 1. The Bertz CT molecular complexity index is 418. The van der Waals surface area contributed by atoms with Crippen molar-refractivity contribution in [3.63, 3.8) is 0 Å². The number of aryl methyl sites for hydroxylation is 1. The number of nitrogens with zero attached hydrogens (tertiary/aromatic N) is 1. The molecule has 106 valence electrons. The van der Waals surface area contributed by atoms with E-state index in [1.807, 2.05) is 37.2 Å². The molecule has 0 aliphatic carbocycles. The van der Waals surface area contributed by atoms with Crippen molar-refractivity contribution in [2.45, 2.75) is 12.8 Å². The zero-order valence-electron chi connectivity index (χ0n) is 11.7. The summed E-state index contributed by atoms with van der Waals surface area (Å²) in [6, 6.07) is 5.52. The Morgan fingerprint density at radius 2 is 2.05 bits per heavy atom. The van der Waals surface area contributed by atoms with Gasteiger partial charge in [0.25, 0.3) is 0 Å². The Morgan fingerprint density at radius 3 is 2.63 bits per heavy atom. The number of ether oxygens (including phenoxy) is 2. The monoisotopic (exact) mass is 267 g/mol. The number of methoxy groups -OCH3 is 1. The number of aliphatic carboxylic acids is 1. The highest BCUT2D eigenvalue weighted by Gasteiger charge is 2.07.